The van der Waals surface area contributed by atoms with Gasteiger partial charge in [-0.15, -0.1) is 0 Å². The van der Waals surface area contributed by atoms with E-state index in [9.17, 15) is 9.50 Å². The molecule has 0 aliphatic heterocycles. The molecule has 1 N–H and O–H groups in total. The Bertz CT molecular complexity index is 808. The molecule has 1 aliphatic rings. The molecule has 0 amide bonds. The molecule has 100 valence electrons. The number of nitrogens with zero attached hydrogens (tertiary/aromatic N) is 3. The highest BCUT2D eigenvalue weighted by Gasteiger charge is 2.29. The van der Waals surface area contributed by atoms with Gasteiger partial charge in [-0.1, -0.05) is 0 Å². The van der Waals surface area contributed by atoms with Crippen molar-refractivity contribution in [3.8, 4) is 17.1 Å². The molecule has 2 aromatic heterocycles. The highest BCUT2D eigenvalue weighted by Crippen LogP contribution is 2.42. The summed E-state index contributed by atoms with van der Waals surface area (Å²) in [4.78, 5) is 8.59. The molecule has 1 aromatic carbocycles. The fourth-order valence-corrected chi connectivity index (χ4v) is 2.53. The Morgan fingerprint density at radius 3 is 2.90 bits per heavy atom. The summed E-state index contributed by atoms with van der Waals surface area (Å²) in [6.45, 7) is 0. The highest BCUT2D eigenvalue weighted by molar-refractivity contribution is 5.81. The zero-order valence-corrected chi connectivity index (χ0v) is 10.6. The molecule has 3 aromatic rings. The third-order valence-electron chi connectivity index (χ3n) is 3.60. The molecule has 0 bridgehead atoms. The lowest BCUT2D eigenvalue weighted by atomic mass is 10.2. The number of hydrogen-bond donors (Lipinski definition) is 1. The van der Waals surface area contributed by atoms with Crippen LogP contribution in [0.15, 0.2) is 36.7 Å². The quantitative estimate of drug-likeness (QED) is 0.776. The van der Waals surface area contributed by atoms with Crippen molar-refractivity contribution in [2.45, 2.75) is 18.9 Å². The summed E-state index contributed by atoms with van der Waals surface area (Å²) in [6, 6.07) is 6.20. The monoisotopic (exact) mass is 269 g/mol. The molecule has 1 saturated carbocycles. The maximum absolute atomic E-state index is 13.5. The van der Waals surface area contributed by atoms with Crippen molar-refractivity contribution in [3.05, 3.63) is 42.5 Å². The van der Waals surface area contributed by atoms with Crippen LogP contribution in [0.5, 0.6) is 5.75 Å². The molecule has 4 rings (SSSR count). The zero-order chi connectivity index (χ0) is 13.7. The molecule has 20 heavy (non-hydrogen) atoms. The van der Waals surface area contributed by atoms with Crippen molar-refractivity contribution in [1.82, 2.24) is 14.5 Å². The normalized spacial score (nSPS) is 14.8. The molecule has 1 aliphatic carbocycles. The van der Waals surface area contributed by atoms with E-state index in [-0.39, 0.29) is 11.6 Å². The van der Waals surface area contributed by atoms with Crippen molar-refractivity contribution < 1.29 is 9.50 Å². The van der Waals surface area contributed by atoms with Gasteiger partial charge in [-0.25, -0.2) is 9.37 Å². The lowest BCUT2D eigenvalue weighted by Gasteiger charge is -2.09. The van der Waals surface area contributed by atoms with E-state index in [1.54, 1.807) is 12.4 Å². The van der Waals surface area contributed by atoms with Crippen LogP contribution in [-0.2, 0) is 0 Å². The van der Waals surface area contributed by atoms with Crippen molar-refractivity contribution in [1.29, 1.82) is 0 Å². The number of rotatable bonds is 2. The van der Waals surface area contributed by atoms with Gasteiger partial charge < -0.3 is 9.67 Å². The molecule has 0 spiro atoms. The number of hydrogen-bond acceptors (Lipinski definition) is 3. The number of phenolic OH excluding ortho intramolecular Hbond substituents is 1. The predicted molar refractivity (Wildman–Crippen MR) is 72.9 cm³/mol. The van der Waals surface area contributed by atoms with Crippen molar-refractivity contribution in [3.63, 3.8) is 0 Å². The van der Waals surface area contributed by atoms with Gasteiger partial charge in [0.1, 0.15) is 22.9 Å². The Kier molecular flexibility index (Phi) is 2.30. The predicted octanol–water partition coefficient (Wildman–Crippen LogP) is 3.28. The molecule has 4 nitrogen and oxygen atoms in total. The first-order valence-electron chi connectivity index (χ1n) is 6.55. The number of halogens is 1. The first kappa shape index (κ1) is 11.4. The van der Waals surface area contributed by atoms with E-state index in [0.717, 1.165) is 23.9 Å². The summed E-state index contributed by atoms with van der Waals surface area (Å²) >= 11 is 0. The molecule has 0 radical (unpaired) electrons. The molecule has 0 saturated heterocycles. The minimum Gasteiger partial charge on any atom is -0.507 e. The average molecular weight is 269 g/mol. The lowest BCUT2D eigenvalue weighted by Crippen LogP contribution is -1.98. The Balaban J connectivity index is 2.03. The fraction of sp³-hybridized carbons (Fsp3) is 0.200. The van der Waals surface area contributed by atoms with E-state index in [1.807, 2.05) is 6.07 Å². The Hall–Kier alpha value is -2.43. The van der Waals surface area contributed by atoms with Gasteiger partial charge in [0.05, 0.1) is 17.3 Å². The minimum absolute atomic E-state index is 0.0385. The number of imidazole rings is 1. The summed E-state index contributed by atoms with van der Waals surface area (Å²) in [7, 11) is 0. The van der Waals surface area contributed by atoms with Crippen LogP contribution in [0.3, 0.4) is 0 Å². The van der Waals surface area contributed by atoms with Gasteiger partial charge in [0, 0.05) is 12.2 Å². The number of phenols is 1. The van der Waals surface area contributed by atoms with Crippen LogP contribution in [-0.4, -0.2) is 19.6 Å². The lowest BCUT2D eigenvalue weighted by molar-refractivity contribution is 0.474. The summed E-state index contributed by atoms with van der Waals surface area (Å²) in [5, 5.41) is 10.0. The molecular formula is C15H12FN3O. The van der Waals surface area contributed by atoms with E-state index in [2.05, 4.69) is 14.5 Å². The van der Waals surface area contributed by atoms with Crippen molar-refractivity contribution in [2.75, 3.05) is 0 Å². The topological polar surface area (TPSA) is 50.9 Å². The van der Waals surface area contributed by atoms with Gasteiger partial charge in [-0.3, -0.25) is 4.98 Å². The minimum atomic E-state index is -0.384. The van der Waals surface area contributed by atoms with Crippen LogP contribution in [0.2, 0.25) is 0 Å². The van der Waals surface area contributed by atoms with Gasteiger partial charge in [0.25, 0.3) is 0 Å². The Morgan fingerprint density at radius 2 is 2.10 bits per heavy atom. The highest BCUT2D eigenvalue weighted by atomic mass is 19.1. The maximum atomic E-state index is 13.5. The van der Waals surface area contributed by atoms with Crippen LogP contribution < -0.4 is 0 Å². The second-order valence-electron chi connectivity index (χ2n) is 5.06. The molecule has 5 heteroatoms. The maximum Gasteiger partial charge on any atom is 0.145 e. The average Bonchev–Trinajstić information content (AvgIpc) is 3.21. The standard InChI is InChI=1S/C15H12FN3O/c16-9-1-4-14(20)11(7-9)15-18-12-8-17-6-5-13(12)19(15)10-2-3-10/h1,4-8,10,20H,2-3H2. The third-order valence-corrected chi connectivity index (χ3v) is 3.60. The molecule has 0 unspecified atom stereocenters. The van der Waals surface area contributed by atoms with E-state index in [1.165, 1.54) is 18.2 Å². The van der Waals surface area contributed by atoms with Crippen LogP contribution >= 0.6 is 0 Å². The smallest absolute Gasteiger partial charge is 0.145 e. The number of pyridine rings is 1. The summed E-state index contributed by atoms with van der Waals surface area (Å²) in [5.74, 6) is 0.259. The van der Waals surface area contributed by atoms with Gasteiger partial charge in [0.2, 0.25) is 0 Å². The zero-order valence-electron chi connectivity index (χ0n) is 10.6. The van der Waals surface area contributed by atoms with Gasteiger partial charge >= 0.3 is 0 Å². The van der Waals surface area contributed by atoms with E-state index in [0.29, 0.717) is 17.4 Å². The summed E-state index contributed by atoms with van der Waals surface area (Å²) in [5.41, 5.74) is 2.16. The van der Waals surface area contributed by atoms with Crippen molar-refractivity contribution >= 4 is 11.0 Å². The van der Waals surface area contributed by atoms with E-state index < -0.39 is 0 Å². The molecule has 0 atom stereocenters. The SMILES string of the molecule is Oc1ccc(F)cc1-c1nc2cnccc2n1C1CC1. The van der Waals surface area contributed by atoms with E-state index in [4.69, 9.17) is 0 Å². The third kappa shape index (κ3) is 1.66. The number of benzene rings is 1. The molecular weight excluding hydrogens is 257 g/mol. The van der Waals surface area contributed by atoms with Crippen LogP contribution in [0, 0.1) is 5.82 Å². The number of fused-ring (bicyclic) bond motifs is 1. The first-order chi connectivity index (χ1) is 9.74. The molecule has 2 heterocycles. The first-order valence-corrected chi connectivity index (χ1v) is 6.55. The van der Waals surface area contributed by atoms with Crippen LogP contribution in [0.4, 0.5) is 4.39 Å². The van der Waals surface area contributed by atoms with Crippen LogP contribution in [0.25, 0.3) is 22.4 Å². The van der Waals surface area contributed by atoms with Gasteiger partial charge in [-0.05, 0) is 37.1 Å². The second-order valence-corrected chi connectivity index (χ2v) is 5.06. The number of aromatic hydroxyl groups is 1. The summed E-state index contributed by atoms with van der Waals surface area (Å²) in [6.07, 6.45) is 5.57. The Labute approximate surface area is 114 Å². The fourth-order valence-electron chi connectivity index (χ4n) is 2.53. The summed E-state index contributed by atoms with van der Waals surface area (Å²) < 4.78 is 15.6. The molecule has 1 fully saturated rings. The van der Waals surface area contributed by atoms with Gasteiger partial charge in [0.15, 0.2) is 0 Å². The van der Waals surface area contributed by atoms with E-state index >= 15 is 0 Å². The largest absolute Gasteiger partial charge is 0.507 e. The van der Waals surface area contributed by atoms with Crippen LogP contribution in [0.1, 0.15) is 18.9 Å². The Morgan fingerprint density at radius 1 is 1.25 bits per heavy atom. The van der Waals surface area contributed by atoms with Crippen molar-refractivity contribution in [2.24, 2.45) is 0 Å². The second kappa shape index (κ2) is 4.03. The number of aromatic nitrogens is 3. The van der Waals surface area contributed by atoms with Gasteiger partial charge in [-0.2, -0.15) is 0 Å².